The van der Waals surface area contributed by atoms with Gasteiger partial charge in [-0.1, -0.05) is 33.1 Å². The summed E-state index contributed by atoms with van der Waals surface area (Å²) in [6.07, 6.45) is 5.67. The molecular weight excluding hydrogens is 134 g/mol. The highest BCUT2D eigenvalue weighted by atomic mass is 14.9. The summed E-state index contributed by atoms with van der Waals surface area (Å²) in [5.41, 5.74) is 0. The van der Waals surface area contributed by atoms with Crippen molar-refractivity contribution in [2.45, 2.75) is 45.6 Å². The van der Waals surface area contributed by atoms with Crippen LogP contribution >= 0.6 is 0 Å². The number of rotatable bonds is 5. The molecule has 0 bridgehead atoms. The van der Waals surface area contributed by atoms with Gasteiger partial charge in [-0.15, -0.1) is 0 Å². The molecule has 0 aliphatic heterocycles. The largest absolute Gasteiger partial charge is 0.317 e. The molecule has 0 amide bonds. The average molecular weight is 155 g/mol. The van der Waals surface area contributed by atoms with E-state index in [2.05, 4.69) is 26.2 Å². The summed E-state index contributed by atoms with van der Waals surface area (Å²) in [5, 5.41) is 3.42. The van der Waals surface area contributed by atoms with Crippen LogP contribution in [0.4, 0.5) is 0 Å². The minimum atomic E-state index is 0.771. The molecule has 1 fully saturated rings. The van der Waals surface area contributed by atoms with Crippen molar-refractivity contribution in [1.29, 1.82) is 0 Å². The van der Waals surface area contributed by atoms with Crippen LogP contribution in [0, 0.1) is 11.8 Å². The molecule has 1 nitrogen and oxygen atoms in total. The van der Waals surface area contributed by atoms with Gasteiger partial charge in [0.2, 0.25) is 0 Å². The molecule has 0 aromatic heterocycles. The lowest BCUT2D eigenvalue weighted by Gasteiger charge is -2.22. The van der Waals surface area contributed by atoms with E-state index in [0.29, 0.717) is 0 Å². The molecule has 11 heavy (non-hydrogen) atoms. The normalized spacial score (nSPS) is 23.2. The van der Waals surface area contributed by atoms with Gasteiger partial charge in [-0.05, 0) is 25.3 Å². The molecule has 0 aromatic carbocycles. The number of nitrogens with one attached hydrogen (secondary N) is 1. The van der Waals surface area contributed by atoms with Crippen LogP contribution in [0.15, 0.2) is 0 Å². The van der Waals surface area contributed by atoms with Crippen LogP contribution in [-0.4, -0.2) is 13.1 Å². The van der Waals surface area contributed by atoms with E-state index in [1.165, 1.54) is 25.7 Å². The first-order valence-electron chi connectivity index (χ1n) is 4.95. The van der Waals surface area contributed by atoms with Gasteiger partial charge < -0.3 is 5.32 Å². The molecule has 1 aliphatic carbocycles. The highest BCUT2D eigenvalue weighted by Gasteiger charge is 2.26. The Bertz CT molecular complexity index is 107. The lowest BCUT2D eigenvalue weighted by Crippen LogP contribution is -2.32. The maximum absolute atomic E-state index is 3.42. The van der Waals surface area contributed by atoms with E-state index in [1.54, 1.807) is 0 Å². The molecule has 0 saturated heterocycles. The van der Waals surface area contributed by atoms with Crippen molar-refractivity contribution in [3.05, 3.63) is 0 Å². The number of hydrogen-bond donors (Lipinski definition) is 1. The Kier molecular flexibility index (Phi) is 3.38. The van der Waals surface area contributed by atoms with Gasteiger partial charge in [0.15, 0.2) is 0 Å². The van der Waals surface area contributed by atoms with Gasteiger partial charge in [0, 0.05) is 6.04 Å². The quantitative estimate of drug-likeness (QED) is 0.643. The Morgan fingerprint density at radius 3 is 2.45 bits per heavy atom. The molecule has 1 aliphatic rings. The molecule has 0 aromatic rings. The summed E-state index contributed by atoms with van der Waals surface area (Å²) in [7, 11) is 2.10. The zero-order valence-corrected chi connectivity index (χ0v) is 8.06. The molecule has 1 saturated carbocycles. The van der Waals surface area contributed by atoms with Crippen LogP contribution in [0.1, 0.15) is 39.5 Å². The summed E-state index contributed by atoms with van der Waals surface area (Å²) in [4.78, 5) is 0. The van der Waals surface area contributed by atoms with Crippen molar-refractivity contribution in [2.24, 2.45) is 11.8 Å². The third-order valence-corrected chi connectivity index (χ3v) is 2.99. The van der Waals surface area contributed by atoms with E-state index in [0.717, 1.165) is 17.9 Å². The molecule has 2 unspecified atom stereocenters. The molecule has 1 heteroatoms. The van der Waals surface area contributed by atoms with Gasteiger partial charge in [-0.25, -0.2) is 0 Å². The van der Waals surface area contributed by atoms with Crippen molar-refractivity contribution in [2.75, 3.05) is 7.05 Å². The fourth-order valence-corrected chi connectivity index (χ4v) is 1.63. The highest BCUT2D eigenvalue weighted by Crippen LogP contribution is 2.35. The second-order valence-corrected chi connectivity index (χ2v) is 3.96. The second-order valence-electron chi connectivity index (χ2n) is 3.96. The van der Waals surface area contributed by atoms with Crippen molar-refractivity contribution in [3.63, 3.8) is 0 Å². The van der Waals surface area contributed by atoms with Gasteiger partial charge in [-0.3, -0.25) is 0 Å². The lowest BCUT2D eigenvalue weighted by molar-refractivity contribution is 0.354. The first-order chi connectivity index (χ1) is 5.27. The second kappa shape index (κ2) is 4.10. The molecule has 0 spiro atoms. The zero-order chi connectivity index (χ0) is 8.27. The van der Waals surface area contributed by atoms with Gasteiger partial charge in [0.1, 0.15) is 0 Å². The van der Waals surface area contributed by atoms with E-state index in [1.807, 2.05) is 0 Å². The van der Waals surface area contributed by atoms with E-state index >= 15 is 0 Å². The van der Waals surface area contributed by atoms with E-state index < -0.39 is 0 Å². The Labute approximate surface area is 70.6 Å². The summed E-state index contributed by atoms with van der Waals surface area (Å²) in [6.45, 7) is 4.63. The Balaban J connectivity index is 2.21. The number of hydrogen-bond acceptors (Lipinski definition) is 1. The van der Waals surface area contributed by atoms with E-state index in [-0.39, 0.29) is 0 Å². The van der Waals surface area contributed by atoms with Gasteiger partial charge in [-0.2, -0.15) is 0 Å². The van der Waals surface area contributed by atoms with Gasteiger partial charge >= 0.3 is 0 Å². The zero-order valence-electron chi connectivity index (χ0n) is 8.06. The van der Waals surface area contributed by atoms with Crippen LogP contribution in [0.2, 0.25) is 0 Å². The predicted octanol–water partition coefficient (Wildman–Crippen LogP) is 2.42. The van der Waals surface area contributed by atoms with E-state index in [9.17, 15) is 0 Å². The third-order valence-electron chi connectivity index (χ3n) is 2.99. The minimum absolute atomic E-state index is 0.771. The van der Waals surface area contributed by atoms with Crippen molar-refractivity contribution in [3.8, 4) is 0 Å². The van der Waals surface area contributed by atoms with Crippen molar-refractivity contribution >= 4 is 0 Å². The smallest absolute Gasteiger partial charge is 0.00922 e. The molecule has 0 heterocycles. The maximum atomic E-state index is 3.42. The summed E-state index contributed by atoms with van der Waals surface area (Å²) < 4.78 is 0. The van der Waals surface area contributed by atoms with Crippen LogP contribution < -0.4 is 5.32 Å². The highest BCUT2D eigenvalue weighted by molar-refractivity contribution is 4.81. The first-order valence-corrected chi connectivity index (χ1v) is 4.95. The van der Waals surface area contributed by atoms with Crippen LogP contribution in [-0.2, 0) is 0 Å². The van der Waals surface area contributed by atoms with Crippen LogP contribution in [0.5, 0.6) is 0 Å². The van der Waals surface area contributed by atoms with Crippen molar-refractivity contribution in [1.82, 2.24) is 5.32 Å². The average Bonchev–Trinajstić information content (AvgIpc) is 2.82. The molecular formula is C10H21N. The Morgan fingerprint density at radius 1 is 1.45 bits per heavy atom. The fourth-order valence-electron chi connectivity index (χ4n) is 1.63. The lowest BCUT2D eigenvalue weighted by atomic mass is 9.95. The maximum Gasteiger partial charge on any atom is 0.00922 e. The molecule has 1 rings (SSSR count). The summed E-state index contributed by atoms with van der Waals surface area (Å²) >= 11 is 0. The summed E-state index contributed by atoms with van der Waals surface area (Å²) in [5.74, 6) is 1.90. The Hall–Kier alpha value is -0.0400. The first kappa shape index (κ1) is 9.05. The molecule has 1 N–H and O–H groups in total. The van der Waals surface area contributed by atoms with Crippen LogP contribution in [0.3, 0.4) is 0 Å². The molecule has 2 atom stereocenters. The summed E-state index contributed by atoms with van der Waals surface area (Å²) in [6, 6.07) is 0.771. The molecule has 66 valence electrons. The van der Waals surface area contributed by atoms with Crippen molar-refractivity contribution < 1.29 is 0 Å². The molecule has 0 radical (unpaired) electrons. The predicted molar refractivity (Wildman–Crippen MR) is 49.6 cm³/mol. The topological polar surface area (TPSA) is 12.0 Å². The monoisotopic (exact) mass is 155 g/mol. The SMILES string of the molecule is CCC(C)C(CC1CC1)NC. The Morgan fingerprint density at radius 2 is 2.09 bits per heavy atom. The van der Waals surface area contributed by atoms with Crippen LogP contribution in [0.25, 0.3) is 0 Å². The minimum Gasteiger partial charge on any atom is -0.317 e. The standard InChI is InChI=1S/C10H21N/c1-4-8(2)10(11-3)7-9-5-6-9/h8-11H,4-7H2,1-3H3. The fraction of sp³-hybridized carbons (Fsp3) is 1.00. The van der Waals surface area contributed by atoms with Gasteiger partial charge in [0.05, 0.1) is 0 Å². The third kappa shape index (κ3) is 2.82. The van der Waals surface area contributed by atoms with Gasteiger partial charge in [0.25, 0.3) is 0 Å². The van der Waals surface area contributed by atoms with E-state index in [4.69, 9.17) is 0 Å².